The standard InChI is InChI=1S/C23H25ClN2O5S/c1-31-23(28)15-4-2-14(3-5-15)13-26(32(29,30)19-10-8-18(24)9-11-19)21-17-7-6-16(12-17)20(21)22(25)27/h2-5,8-11,16-17,20-21H,6-7,12-13H2,1H3,(H2,25,27). The van der Waals surface area contributed by atoms with E-state index < -0.39 is 33.9 Å². The summed E-state index contributed by atoms with van der Waals surface area (Å²) in [5.41, 5.74) is 6.82. The van der Waals surface area contributed by atoms with E-state index in [0.717, 1.165) is 19.3 Å². The van der Waals surface area contributed by atoms with Crippen LogP contribution in [-0.2, 0) is 26.1 Å². The van der Waals surface area contributed by atoms with Crippen LogP contribution in [0.4, 0.5) is 0 Å². The average Bonchev–Trinajstić information content (AvgIpc) is 3.39. The highest BCUT2D eigenvalue weighted by Crippen LogP contribution is 2.51. The summed E-state index contributed by atoms with van der Waals surface area (Å²) in [5, 5.41) is 0.434. The number of fused-ring (bicyclic) bond motifs is 2. The Hall–Kier alpha value is -2.42. The van der Waals surface area contributed by atoms with Crippen molar-refractivity contribution in [2.45, 2.75) is 36.7 Å². The van der Waals surface area contributed by atoms with E-state index in [4.69, 9.17) is 22.1 Å². The van der Waals surface area contributed by atoms with Gasteiger partial charge in [0.05, 0.1) is 23.5 Å². The third-order valence-electron chi connectivity index (χ3n) is 6.67. The predicted molar refractivity (Wildman–Crippen MR) is 119 cm³/mol. The molecule has 2 fully saturated rings. The number of sulfonamides is 1. The molecule has 2 saturated carbocycles. The van der Waals surface area contributed by atoms with Crippen molar-refractivity contribution in [1.82, 2.24) is 4.31 Å². The number of benzene rings is 2. The van der Waals surface area contributed by atoms with Crippen LogP contribution in [0.2, 0.25) is 5.02 Å². The Morgan fingerprint density at radius 1 is 1.06 bits per heavy atom. The van der Waals surface area contributed by atoms with Crippen molar-refractivity contribution in [2.24, 2.45) is 23.5 Å². The molecule has 2 aromatic carbocycles. The third-order valence-corrected chi connectivity index (χ3v) is 8.78. The van der Waals surface area contributed by atoms with Crippen LogP contribution in [0.3, 0.4) is 0 Å². The van der Waals surface area contributed by atoms with Crippen molar-refractivity contribution in [3.63, 3.8) is 0 Å². The molecule has 2 bridgehead atoms. The number of halogens is 1. The fourth-order valence-corrected chi connectivity index (χ4v) is 7.03. The first-order valence-corrected chi connectivity index (χ1v) is 12.3. The second kappa shape index (κ2) is 8.84. The normalized spacial score (nSPS) is 24.6. The number of primary amides is 1. The predicted octanol–water partition coefficient (Wildman–Crippen LogP) is 3.22. The number of esters is 1. The van der Waals surface area contributed by atoms with Crippen LogP contribution in [0.1, 0.15) is 35.2 Å². The van der Waals surface area contributed by atoms with Gasteiger partial charge in [0.15, 0.2) is 0 Å². The smallest absolute Gasteiger partial charge is 0.337 e. The summed E-state index contributed by atoms with van der Waals surface area (Å²) in [7, 11) is -2.64. The minimum atomic E-state index is -3.94. The van der Waals surface area contributed by atoms with E-state index in [0.29, 0.717) is 16.1 Å². The molecule has 7 nitrogen and oxygen atoms in total. The summed E-state index contributed by atoms with van der Waals surface area (Å²) < 4.78 is 33.7. The molecule has 1 amide bonds. The zero-order valence-corrected chi connectivity index (χ0v) is 19.2. The number of nitrogens with two attached hydrogens (primary N) is 1. The Morgan fingerprint density at radius 3 is 2.28 bits per heavy atom. The number of amides is 1. The molecule has 0 aliphatic heterocycles. The highest BCUT2D eigenvalue weighted by atomic mass is 35.5. The van der Waals surface area contributed by atoms with E-state index in [-0.39, 0.29) is 23.3 Å². The molecule has 0 spiro atoms. The van der Waals surface area contributed by atoms with Crippen LogP contribution in [-0.4, -0.2) is 37.8 Å². The maximum Gasteiger partial charge on any atom is 0.337 e. The SMILES string of the molecule is COC(=O)c1ccc(CN(C2C3CCC(C3)C2C(N)=O)S(=O)(=O)c2ccc(Cl)cc2)cc1. The van der Waals surface area contributed by atoms with Gasteiger partial charge in [-0.1, -0.05) is 23.7 Å². The molecule has 0 saturated heterocycles. The fraction of sp³-hybridized carbons (Fsp3) is 0.391. The van der Waals surface area contributed by atoms with Gasteiger partial charge in [-0.05, 0) is 73.1 Å². The number of nitrogens with zero attached hydrogens (tertiary/aromatic N) is 1. The van der Waals surface area contributed by atoms with Gasteiger partial charge in [-0.3, -0.25) is 4.79 Å². The van der Waals surface area contributed by atoms with Gasteiger partial charge in [-0.25, -0.2) is 13.2 Å². The van der Waals surface area contributed by atoms with Gasteiger partial charge in [0.25, 0.3) is 0 Å². The number of carbonyl (C=O) groups is 2. The van der Waals surface area contributed by atoms with E-state index in [2.05, 4.69) is 0 Å². The summed E-state index contributed by atoms with van der Waals surface area (Å²) >= 11 is 5.96. The van der Waals surface area contributed by atoms with Crippen LogP contribution >= 0.6 is 11.6 Å². The number of hydrogen-bond donors (Lipinski definition) is 1. The molecule has 32 heavy (non-hydrogen) atoms. The second-order valence-electron chi connectivity index (χ2n) is 8.44. The van der Waals surface area contributed by atoms with Crippen molar-refractivity contribution < 1.29 is 22.7 Å². The van der Waals surface area contributed by atoms with Gasteiger partial charge in [-0.15, -0.1) is 0 Å². The largest absolute Gasteiger partial charge is 0.465 e. The molecule has 2 aliphatic carbocycles. The molecular formula is C23H25ClN2O5S. The lowest BCUT2D eigenvalue weighted by molar-refractivity contribution is -0.125. The topological polar surface area (TPSA) is 107 Å². The monoisotopic (exact) mass is 476 g/mol. The number of carbonyl (C=O) groups excluding carboxylic acids is 2. The average molecular weight is 477 g/mol. The van der Waals surface area contributed by atoms with Crippen molar-refractivity contribution in [2.75, 3.05) is 7.11 Å². The minimum Gasteiger partial charge on any atom is -0.465 e. The Balaban J connectivity index is 1.74. The Labute approximate surface area is 192 Å². The van der Waals surface area contributed by atoms with Crippen LogP contribution in [0, 0.1) is 17.8 Å². The van der Waals surface area contributed by atoms with Crippen LogP contribution in [0.15, 0.2) is 53.4 Å². The van der Waals surface area contributed by atoms with Gasteiger partial charge < -0.3 is 10.5 Å². The number of methoxy groups -OCH3 is 1. The van der Waals surface area contributed by atoms with Crippen LogP contribution in [0.5, 0.6) is 0 Å². The summed E-state index contributed by atoms with van der Waals surface area (Å²) in [6, 6.07) is 12.1. The van der Waals surface area contributed by atoms with Crippen molar-refractivity contribution >= 4 is 33.5 Å². The van der Waals surface area contributed by atoms with Gasteiger partial charge in [0.1, 0.15) is 0 Å². The van der Waals surface area contributed by atoms with Gasteiger partial charge in [0, 0.05) is 17.6 Å². The van der Waals surface area contributed by atoms with E-state index >= 15 is 0 Å². The van der Waals surface area contributed by atoms with Crippen molar-refractivity contribution in [3.8, 4) is 0 Å². The Bertz CT molecular complexity index is 1120. The molecule has 9 heteroatoms. The van der Waals surface area contributed by atoms with Crippen molar-refractivity contribution in [3.05, 3.63) is 64.7 Å². The molecule has 0 radical (unpaired) electrons. The summed E-state index contributed by atoms with van der Waals surface area (Å²) in [6.45, 7) is 0.0596. The van der Waals surface area contributed by atoms with Gasteiger partial charge >= 0.3 is 5.97 Å². The molecule has 170 valence electrons. The summed E-state index contributed by atoms with van der Waals surface area (Å²) in [5.74, 6) is -1.27. The Morgan fingerprint density at radius 2 is 1.69 bits per heavy atom. The molecule has 4 atom stereocenters. The highest BCUT2D eigenvalue weighted by Gasteiger charge is 2.54. The van der Waals surface area contributed by atoms with E-state index in [9.17, 15) is 18.0 Å². The van der Waals surface area contributed by atoms with Gasteiger partial charge in [-0.2, -0.15) is 4.31 Å². The molecule has 2 aliphatic rings. The molecule has 2 N–H and O–H groups in total. The maximum absolute atomic E-state index is 13.8. The van der Waals surface area contributed by atoms with Gasteiger partial charge in [0.2, 0.25) is 15.9 Å². The zero-order chi connectivity index (χ0) is 23.0. The number of rotatable bonds is 7. The zero-order valence-electron chi connectivity index (χ0n) is 17.6. The van der Waals surface area contributed by atoms with E-state index in [1.54, 1.807) is 24.3 Å². The molecule has 4 unspecified atom stereocenters. The van der Waals surface area contributed by atoms with E-state index in [1.165, 1.54) is 35.7 Å². The first kappa shape index (κ1) is 22.8. The first-order valence-electron chi connectivity index (χ1n) is 10.5. The van der Waals surface area contributed by atoms with Crippen molar-refractivity contribution in [1.29, 1.82) is 0 Å². The molecule has 0 aromatic heterocycles. The lowest BCUT2D eigenvalue weighted by Gasteiger charge is -2.37. The molecule has 2 aromatic rings. The third kappa shape index (κ3) is 4.14. The first-order chi connectivity index (χ1) is 15.2. The lowest BCUT2D eigenvalue weighted by atomic mass is 9.84. The summed E-state index contributed by atoms with van der Waals surface area (Å²) in [6.07, 6.45) is 2.55. The Kier molecular flexibility index (Phi) is 6.29. The minimum absolute atomic E-state index is 0.0596. The molecule has 4 rings (SSSR count). The van der Waals surface area contributed by atoms with E-state index in [1.807, 2.05) is 0 Å². The van der Waals surface area contributed by atoms with Crippen LogP contribution < -0.4 is 5.73 Å². The molecule has 0 heterocycles. The number of ether oxygens (including phenoxy) is 1. The maximum atomic E-state index is 13.8. The quantitative estimate of drug-likeness (QED) is 0.617. The summed E-state index contributed by atoms with van der Waals surface area (Å²) in [4.78, 5) is 24.2. The molecular weight excluding hydrogens is 452 g/mol. The lowest BCUT2D eigenvalue weighted by Crippen LogP contribution is -2.50. The highest BCUT2D eigenvalue weighted by molar-refractivity contribution is 7.89. The fourth-order valence-electron chi connectivity index (χ4n) is 5.21. The number of hydrogen-bond acceptors (Lipinski definition) is 5. The van der Waals surface area contributed by atoms with Crippen LogP contribution in [0.25, 0.3) is 0 Å². The second-order valence-corrected chi connectivity index (χ2v) is 10.8.